The topological polar surface area (TPSA) is 104 Å². The minimum Gasteiger partial charge on any atom is -0.366 e. The Labute approximate surface area is 136 Å². The largest absolute Gasteiger partial charge is 0.366 e. The van der Waals surface area contributed by atoms with Crippen molar-refractivity contribution >= 4 is 17.6 Å². The molecule has 0 saturated carbocycles. The number of rotatable bonds is 5. The number of carbonyl (C=O) groups is 3. The van der Waals surface area contributed by atoms with E-state index in [1.807, 2.05) is 0 Å². The number of Topliss-reactive ketones (excluding diaryl/α,β-unsaturated/α-hetero) is 1. The predicted molar refractivity (Wildman–Crippen MR) is 79.2 cm³/mol. The summed E-state index contributed by atoms with van der Waals surface area (Å²) >= 11 is 0. The third-order valence-corrected chi connectivity index (χ3v) is 3.80. The maximum Gasteiger partial charge on any atom is 0.268 e. The molecule has 0 aliphatic carbocycles. The van der Waals surface area contributed by atoms with Gasteiger partial charge in [0.2, 0.25) is 11.8 Å². The first-order valence-corrected chi connectivity index (χ1v) is 7.23. The standard InChI is InChI=1S/C16H15F2N3O3/c17-16(18)7-12(8-19)21(9-16)14(23)6-5-13(22)10-1-3-11(4-2-10)15(20)24/h1-4,12H,5-7,9H2,(H2,20,24)/t12-/m0/s1. The van der Waals surface area contributed by atoms with E-state index in [2.05, 4.69) is 0 Å². The lowest BCUT2D eigenvalue weighted by Gasteiger charge is -2.18. The van der Waals surface area contributed by atoms with Crippen molar-refractivity contribution in [2.45, 2.75) is 31.2 Å². The summed E-state index contributed by atoms with van der Waals surface area (Å²) in [4.78, 5) is 35.8. The van der Waals surface area contributed by atoms with Gasteiger partial charge in [0.25, 0.3) is 5.92 Å². The minimum atomic E-state index is -3.08. The van der Waals surface area contributed by atoms with E-state index in [-0.39, 0.29) is 29.8 Å². The first-order chi connectivity index (χ1) is 11.2. The van der Waals surface area contributed by atoms with E-state index < -0.39 is 36.7 Å². The molecule has 0 unspecified atom stereocenters. The van der Waals surface area contributed by atoms with Crippen molar-refractivity contribution in [1.29, 1.82) is 5.26 Å². The van der Waals surface area contributed by atoms with Crippen LogP contribution in [-0.2, 0) is 4.79 Å². The number of likely N-dealkylation sites (tertiary alicyclic amines) is 1. The van der Waals surface area contributed by atoms with E-state index in [9.17, 15) is 23.2 Å². The van der Waals surface area contributed by atoms with Crippen LogP contribution in [0.15, 0.2) is 24.3 Å². The number of nitrogens with two attached hydrogens (primary N) is 1. The van der Waals surface area contributed by atoms with Crippen molar-refractivity contribution in [3.63, 3.8) is 0 Å². The number of hydrogen-bond donors (Lipinski definition) is 1. The van der Waals surface area contributed by atoms with Crippen molar-refractivity contribution in [2.24, 2.45) is 5.73 Å². The summed E-state index contributed by atoms with van der Waals surface area (Å²) in [5.74, 6) is -4.72. The lowest BCUT2D eigenvalue weighted by atomic mass is 10.0. The van der Waals surface area contributed by atoms with Crippen LogP contribution in [0.4, 0.5) is 8.78 Å². The number of halogens is 2. The highest BCUT2D eigenvalue weighted by atomic mass is 19.3. The minimum absolute atomic E-state index is 0.172. The Kier molecular flexibility index (Phi) is 4.93. The van der Waals surface area contributed by atoms with Crippen LogP contribution < -0.4 is 5.73 Å². The van der Waals surface area contributed by atoms with Gasteiger partial charge in [-0.05, 0) is 12.1 Å². The highest BCUT2D eigenvalue weighted by molar-refractivity contribution is 5.99. The third-order valence-electron chi connectivity index (χ3n) is 3.80. The Bertz CT molecular complexity index is 710. The second-order valence-corrected chi connectivity index (χ2v) is 5.59. The first-order valence-electron chi connectivity index (χ1n) is 7.23. The lowest BCUT2D eigenvalue weighted by Crippen LogP contribution is -2.36. The Balaban J connectivity index is 1.95. The summed E-state index contributed by atoms with van der Waals surface area (Å²) in [6, 6.07) is 6.12. The predicted octanol–water partition coefficient (Wildman–Crippen LogP) is 1.51. The zero-order chi connectivity index (χ0) is 17.9. The average molecular weight is 335 g/mol. The van der Waals surface area contributed by atoms with Gasteiger partial charge in [-0.25, -0.2) is 8.78 Å². The smallest absolute Gasteiger partial charge is 0.268 e. The lowest BCUT2D eigenvalue weighted by molar-refractivity contribution is -0.132. The molecule has 1 aliphatic heterocycles. The zero-order valence-electron chi connectivity index (χ0n) is 12.7. The maximum atomic E-state index is 13.3. The normalized spacial score (nSPS) is 18.9. The molecule has 1 fully saturated rings. The van der Waals surface area contributed by atoms with Crippen LogP contribution in [-0.4, -0.2) is 41.0 Å². The second-order valence-electron chi connectivity index (χ2n) is 5.59. The number of amides is 2. The second kappa shape index (κ2) is 6.74. The van der Waals surface area contributed by atoms with Gasteiger partial charge in [0.05, 0.1) is 12.6 Å². The third kappa shape index (κ3) is 3.93. The fourth-order valence-corrected chi connectivity index (χ4v) is 2.52. The highest BCUT2D eigenvalue weighted by Crippen LogP contribution is 2.32. The first kappa shape index (κ1) is 17.5. The van der Waals surface area contributed by atoms with Crippen molar-refractivity contribution in [3.05, 3.63) is 35.4 Å². The number of nitrogens with zero attached hydrogens (tertiary/aromatic N) is 2. The molecule has 126 valence electrons. The van der Waals surface area contributed by atoms with Crippen LogP contribution in [0.3, 0.4) is 0 Å². The van der Waals surface area contributed by atoms with E-state index in [4.69, 9.17) is 11.0 Å². The van der Waals surface area contributed by atoms with Gasteiger partial charge < -0.3 is 10.6 Å². The van der Waals surface area contributed by atoms with E-state index in [0.717, 1.165) is 4.90 Å². The van der Waals surface area contributed by atoms with Gasteiger partial charge in [-0.3, -0.25) is 14.4 Å². The fourth-order valence-electron chi connectivity index (χ4n) is 2.52. The monoisotopic (exact) mass is 335 g/mol. The molecule has 8 heteroatoms. The quantitative estimate of drug-likeness (QED) is 0.823. The van der Waals surface area contributed by atoms with Gasteiger partial charge in [0.15, 0.2) is 5.78 Å². The summed E-state index contributed by atoms with van der Waals surface area (Å²) in [6.45, 7) is -0.800. The molecular formula is C16H15F2N3O3. The average Bonchev–Trinajstić information content (AvgIpc) is 2.87. The SMILES string of the molecule is N#C[C@@H]1CC(F)(F)CN1C(=O)CCC(=O)c1ccc(C(N)=O)cc1. The number of nitriles is 1. The van der Waals surface area contributed by atoms with Gasteiger partial charge in [0.1, 0.15) is 6.04 Å². The molecule has 2 N–H and O–H groups in total. The summed E-state index contributed by atoms with van der Waals surface area (Å²) in [7, 11) is 0. The van der Waals surface area contributed by atoms with Crippen LogP contribution in [0, 0.1) is 11.3 Å². The van der Waals surface area contributed by atoms with Crippen molar-refractivity contribution in [2.75, 3.05) is 6.54 Å². The molecule has 1 aromatic carbocycles. The van der Waals surface area contributed by atoms with E-state index in [0.29, 0.717) is 0 Å². The Hall–Kier alpha value is -2.82. The number of alkyl halides is 2. The number of primary amides is 1. The molecule has 2 amide bonds. The summed E-state index contributed by atoms with van der Waals surface area (Å²) in [6.07, 6.45) is -1.11. The molecule has 1 heterocycles. The summed E-state index contributed by atoms with van der Waals surface area (Å²) in [5.41, 5.74) is 5.63. The summed E-state index contributed by atoms with van der Waals surface area (Å²) in [5, 5.41) is 8.86. The van der Waals surface area contributed by atoms with Gasteiger partial charge in [-0.15, -0.1) is 0 Å². The molecule has 1 aliphatic rings. The maximum absolute atomic E-state index is 13.3. The van der Waals surface area contributed by atoms with E-state index >= 15 is 0 Å². The Morgan fingerprint density at radius 3 is 2.33 bits per heavy atom. The molecule has 24 heavy (non-hydrogen) atoms. The Morgan fingerprint density at radius 2 is 1.79 bits per heavy atom. The molecule has 0 bridgehead atoms. The molecule has 2 rings (SSSR count). The summed E-state index contributed by atoms with van der Waals surface area (Å²) < 4.78 is 26.6. The Morgan fingerprint density at radius 1 is 1.21 bits per heavy atom. The zero-order valence-corrected chi connectivity index (χ0v) is 12.7. The van der Waals surface area contributed by atoms with Gasteiger partial charge >= 0.3 is 0 Å². The number of carbonyl (C=O) groups excluding carboxylic acids is 3. The number of hydrogen-bond acceptors (Lipinski definition) is 4. The molecule has 0 aromatic heterocycles. The molecule has 6 nitrogen and oxygen atoms in total. The van der Waals surface area contributed by atoms with Crippen LogP contribution >= 0.6 is 0 Å². The van der Waals surface area contributed by atoms with Crippen LogP contribution in [0.25, 0.3) is 0 Å². The van der Waals surface area contributed by atoms with Crippen LogP contribution in [0.5, 0.6) is 0 Å². The van der Waals surface area contributed by atoms with Crippen LogP contribution in [0.2, 0.25) is 0 Å². The molecule has 0 radical (unpaired) electrons. The molecule has 1 atom stereocenters. The van der Waals surface area contributed by atoms with E-state index in [1.165, 1.54) is 24.3 Å². The number of ketones is 1. The van der Waals surface area contributed by atoms with Crippen molar-refractivity contribution in [3.8, 4) is 6.07 Å². The molecule has 1 saturated heterocycles. The van der Waals surface area contributed by atoms with Gasteiger partial charge in [0, 0.05) is 30.4 Å². The van der Waals surface area contributed by atoms with Gasteiger partial charge in [-0.1, -0.05) is 12.1 Å². The van der Waals surface area contributed by atoms with E-state index in [1.54, 1.807) is 6.07 Å². The molecule has 1 aromatic rings. The highest BCUT2D eigenvalue weighted by Gasteiger charge is 2.47. The van der Waals surface area contributed by atoms with Crippen molar-refractivity contribution < 1.29 is 23.2 Å². The fraction of sp³-hybridized carbons (Fsp3) is 0.375. The molecule has 0 spiro atoms. The number of benzene rings is 1. The van der Waals surface area contributed by atoms with Crippen LogP contribution in [0.1, 0.15) is 40.0 Å². The molecular weight excluding hydrogens is 320 g/mol. The van der Waals surface area contributed by atoms with Crippen molar-refractivity contribution in [1.82, 2.24) is 4.90 Å². The van der Waals surface area contributed by atoms with Gasteiger partial charge in [-0.2, -0.15) is 5.26 Å².